The molecule has 0 aliphatic carbocycles. The SMILES string of the molecule is COc1ccc(CNC(=O)C2CCCN(c3ccc(Cl)nn3)C2)cc1OC. The fourth-order valence-electron chi connectivity index (χ4n) is 3.20. The minimum atomic E-state index is -0.0867. The molecule has 1 N–H and O–H groups in total. The van der Waals surface area contributed by atoms with Gasteiger partial charge in [0.25, 0.3) is 0 Å². The highest BCUT2D eigenvalue weighted by Gasteiger charge is 2.26. The van der Waals surface area contributed by atoms with Gasteiger partial charge < -0.3 is 19.7 Å². The third kappa shape index (κ3) is 4.80. The number of carbonyl (C=O) groups excluding carboxylic acids is 1. The summed E-state index contributed by atoms with van der Waals surface area (Å²) in [6.45, 7) is 1.92. The van der Waals surface area contributed by atoms with E-state index in [1.54, 1.807) is 20.3 Å². The van der Waals surface area contributed by atoms with Crippen molar-refractivity contribution >= 4 is 23.3 Å². The Balaban J connectivity index is 1.58. The fourth-order valence-corrected chi connectivity index (χ4v) is 3.30. The van der Waals surface area contributed by atoms with Crippen LogP contribution in [0.4, 0.5) is 5.82 Å². The van der Waals surface area contributed by atoms with Crippen LogP contribution in [-0.2, 0) is 11.3 Å². The standard InChI is InChI=1S/C19H23ClN4O3/c1-26-15-6-5-13(10-16(15)27-2)11-21-19(25)14-4-3-9-24(12-14)18-8-7-17(20)22-23-18/h5-8,10,14H,3-4,9,11-12H2,1-2H3,(H,21,25). The van der Waals surface area contributed by atoms with Gasteiger partial charge >= 0.3 is 0 Å². The Morgan fingerprint density at radius 3 is 2.74 bits per heavy atom. The normalized spacial score (nSPS) is 16.7. The van der Waals surface area contributed by atoms with Crippen LogP contribution in [0.3, 0.4) is 0 Å². The highest BCUT2D eigenvalue weighted by atomic mass is 35.5. The molecule has 0 bridgehead atoms. The summed E-state index contributed by atoms with van der Waals surface area (Å²) in [6.07, 6.45) is 1.79. The average Bonchev–Trinajstić information content (AvgIpc) is 2.72. The van der Waals surface area contributed by atoms with Crippen molar-refractivity contribution in [1.82, 2.24) is 15.5 Å². The van der Waals surface area contributed by atoms with E-state index in [0.29, 0.717) is 29.7 Å². The number of methoxy groups -OCH3 is 2. The second-order valence-corrected chi connectivity index (χ2v) is 6.79. The van der Waals surface area contributed by atoms with Gasteiger partial charge in [-0.3, -0.25) is 4.79 Å². The van der Waals surface area contributed by atoms with Crippen molar-refractivity contribution in [2.24, 2.45) is 5.92 Å². The molecule has 1 amide bonds. The molecule has 1 atom stereocenters. The first-order valence-electron chi connectivity index (χ1n) is 8.83. The molecule has 0 saturated carbocycles. The molecule has 3 rings (SSSR count). The molecule has 1 aliphatic heterocycles. The van der Waals surface area contributed by atoms with E-state index < -0.39 is 0 Å². The average molecular weight is 391 g/mol. The van der Waals surface area contributed by atoms with E-state index in [-0.39, 0.29) is 11.8 Å². The zero-order valence-electron chi connectivity index (χ0n) is 15.4. The van der Waals surface area contributed by atoms with Crippen LogP contribution in [0, 0.1) is 5.92 Å². The van der Waals surface area contributed by atoms with E-state index in [4.69, 9.17) is 21.1 Å². The molecule has 144 valence electrons. The Hall–Kier alpha value is -2.54. The lowest BCUT2D eigenvalue weighted by Crippen LogP contribution is -2.43. The number of piperidine rings is 1. The molecular formula is C19H23ClN4O3. The Morgan fingerprint density at radius 2 is 2.04 bits per heavy atom. The van der Waals surface area contributed by atoms with Gasteiger partial charge in [0.15, 0.2) is 22.5 Å². The fraction of sp³-hybridized carbons (Fsp3) is 0.421. The van der Waals surface area contributed by atoms with Gasteiger partial charge in [0.2, 0.25) is 5.91 Å². The van der Waals surface area contributed by atoms with Crippen LogP contribution < -0.4 is 19.7 Å². The van der Waals surface area contributed by atoms with Gasteiger partial charge in [-0.15, -0.1) is 10.2 Å². The van der Waals surface area contributed by atoms with Crippen LogP contribution in [0.5, 0.6) is 11.5 Å². The number of nitrogens with one attached hydrogen (secondary N) is 1. The number of hydrogen-bond donors (Lipinski definition) is 1. The van der Waals surface area contributed by atoms with Gasteiger partial charge in [0.1, 0.15) is 0 Å². The van der Waals surface area contributed by atoms with Gasteiger partial charge in [-0.25, -0.2) is 0 Å². The number of halogens is 1. The predicted molar refractivity (Wildman–Crippen MR) is 103 cm³/mol. The minimum Gasteiger partial charge on any atom is -0.493 e. The molecule has 1 aliphatic rings. The molecule has 8 heteroatoms. The number of aromatic nitrogens is 2. The summed E-state index contributed by atoms with van der Waals surface area (Å²) in [5.41, 5.74) is 0.956. The van der Waals surface area contributed by atoms with Crippen molar-refractivity contribution in [3.05, 3.63) is 41.0 Å². The number of carbonyl (C=O) groups is 1. The number of amides is 1. The molecule has 1 aromatic carbocycles. The quantitative estimate of drug-likeness (QED) is 0.817. The van der Waals surface area contributed by atoms with Crippen LogP contribution >= 0.6 is 11.6 Å². The number of benzene rings is 1. The number of anilines is 1. The highest BCUT2D eigenvalue weighted by Crippen LogP contribution is 2.27. The van der Waals surface area contributed by atoms with Crippen LogP contribution in [0.2, 0.25) is 5.15 Å². The lowest BCUT2D eigenvalue weighted by molar-refractivity contribution is -0.125. The Kier molecular flexibility index (Phi) is 6.34. The molecule has 0 radical (unpaired) electrons. The maximum atomic E-state index is 12.6. The molecule has 1 fully saturated rings. The van der Waals surface area contributed by atoms with Crippen molar-refractivity contribution in [3.8, 4) is 11.5 Å². The minimum absolute atomic E-state index is 0.0383. The first-order valence-corrected chi connectivity index (χ1v) is 9.21. The van der Waals surface area contributed by atoms with Crippen molar-refractivity contribution in [1.29, 1.82) is 0 Å². The zero-order chi connectivity index (χ0) is 19.2. The lowest BCUT2D eigenvalue weighted by Gasteiger charge is -2.32. The third-order valence-corrected chi connectivity index (χ3v) is 4.85. The second-order valence-electron chi connectivity index (χ2n) is 6.41. The molecular weight excluding hydrogens is 368 g/mol. The maximum absolute atomic E-state index is 12.6. The number of ether oxygens (including phenoxy) is 2. The molecule has 2 heterocycles. The zero-order valence-corrected chi connectivity index (χ0v) is 16.2. The van der Waals surface area contributed by atoms with Gasteiger partial charge in [-0.2, -0.15) is 0 Å². The summed E-state index contributed by atoms with van der Waals surface area (Å²) < 4.78 is 10.5. The van der Waals surface area contributed by atoms with E-state index in [2.05, 4.69) is 20.4 Å². The second kappa shape index (κ2) is 8.90. The molecule has 27 heavy (non-hydrogen) atoms. The molecule has 1 unspecified atom stereocenters. The maximum Gasteiger partial charge on any atom is 0.225 e. The number of rotatable bonds is 6. The summed E-state index contributed by atoms with van der Waals surface area (Å²) in [6, 6.07) is 9.17. The molecule has 7 nitrogen and oxygen atoms in total. The van der Waals surface area contributed by atoms with E-state index in [9.17, 15) is 4.79 Å². The Morgan fingerprint density at radius 1 is 1.22 bits per heavy atom. The van der Waals surface area contributed by atoms with Crippen LogP contribution in [-0.4, -0.2) is 43.4 Å². The highest BCUT2D eigenvalue weighted by molar-refractivity contribution is 6.29. The summed E-state index contributed by atoms with van der Waals surface area (Å²) in [7, 11) is 3.19. The van der Waals surface area contributed by atoms with Crippen molar-refractivity contribution < 1.29 is 14.3 Å². The van der Waals surface area contributed by atoms with E-state index in [0.717, 1.165) is 30.8 Å². The first kappa shape index (κ1) is 19.2. The van der Waals surface area contributed by atoms with Crippen LogP contribution in [0.15, 0.2) is 30.3 Å². The summed E-state index contributed by atoms with van der Waals surface area (Å²) >= 11 is 5.80. The topological polar surface area (TPSA) is 76.6 Å². The Bertz CT molecular complexity index is 785. The summed E-state index contributed by atoms with van der Waals surface area (Å²) in [5.74, 6) is 2.01. The predicted octanol–water partition coefficient (Wildman–Crippen LogP) is 2.68. The summed E-state index contributed by atoms with van der Waals surface area (Å²) in [5, 5.41) is 11.4. The van der Waals surface area contributed by atoms with Crippen molar-refractivity contribution in [2.45, 2.75) is 19.4 Å². The summed E-state index contributed by atoms with van der Waals surface area (Å²) in [4.78, 5) is 14.7. The van der Waals surface area contributed by atoms with Gasteiger partial charge in [-0.1, -0.05) is 17.7 Å². The number of hydrogen-bond acceptors (Lipinski definition) is 6. The monoisotopic (exact) mass is 390 g/mol. The largest absolute Gasteiger partial charge is 0.493 e. The van der Waals surface area contributed by atoms with E-state index >= 15 is 0 Å². The molecule has 0 spiro atoms. The smallest absolute Gasteiger partial charge is 0.225 e. The van der Waals surface area contributed by atoms with Gasteiger partial charge in [0, 0.05) is 19.6 Å². The number of nitrogens with zero attached hydrogens (tertiary/aromatic N) is 3. The lowest BCUT2D eigenvalue weighted by atomic mass is 9.97. The Labute approximate surface area is 163 Å². The van der Waals surface area contributed by atoms with Crippen molar-refractivity contribution in [2.75, 3.05) is 32.2 Å². The van der Waals surface area contributed by atoms with Crippen molar-refractivity contribution in [3.63, 3.8) is 0 Å². The molecule has 1 saturated heterocycles. The third-order valence-electron chi connectivity index (χ3n) is 4.65. The van der Waals surface area contributed by atoms with E-state index in [1.165, 1.54) is 0 Å². The first-order chi connectivity index (χ1) is 13.1. The molecule has 2 aromatic rings. The van der Waals surface area contributed by atoms with Gasteiger partial charge in [-0.05, 0) is 42.7 Å². The molecule has 1 aromatic heterocycles. The van der Waals surface area contributed by atoms with Crippen LogP contribution in [0.1, 0.15) is 18.4 Å². The van der Waals surface area contributed by atoms with E-state index in [1.807, 2.05) is 24.3 Å². The van der Waals surface area contributed by atoms with Gasteiger partial charge in [0.05, 0.1) is 20.1 Å². The van der Waals surface area contributed by atoms with Crippen LogP contribution in [0.25, 0.3) is 0 Å².